The highest BCUT2D eigenvalue weighted by atomic mass is 16.5. The standard InChI is InChI=1S/C28H26N4O3/c1-33-22-12-13-23-24(16-22)32(26-14-10-19(17-29)18-30-26)27(31-23)15-11-20-6-5-9-25(34-2)28(20)35-21-7-3-4-8-21/h5-6,9-16,18,21H,3-4,7-8H2,1-2H3. The Bertz CT molecular complexity index is 1410. The second-order valence-corrected chi connectivity index (χ2v) is 8.41. The molecule has 7 heteroatoms. The van der Waals surface area contributed by atoms with Gasteiger partial charge in [0.05, 0.1) is 36.9 Å². The molecular formula is C28H26N4O3. The number of nitriles is 1. The lowest BCUT2D eigenvalue weighted by Crippen LogP contribution is -2.12. The maximum absolute atomic E-state index is 9.18. The molecule has 2 aromatic heterocycles. The fourth-order valence-corrected chi connectivity index (χ4v) is 4.43. The summed E-state index contributed by atoms with van der Waals surface area (Å²) < 4.78 is 19.4. The number of benzene rings is 2. The van der Waals surface area contributed by atoms with Crippen LogP contribution in [0.4, 0.5) is 0 Å². The van der Waals surface area contributed by atoms with E-state index >= 15 is 0 Å². The predicted molar refractivity (Wildman–Crippen MR) is 135 cm³/mol. The molecule has 35 heavy (non-hydrogen) atoms. The van der Waals surface area contributed by atoms with Gasteiger partial charge in [-0.15, -0.1) is 0 Å². The number of nitrogens with zero attached hydrogens (tertiary/aromatic N) is 4. The first-order valence-corrected chi connectivity index (χ1v) is 11.6. The minimum atomic E-state index is 0.207. The van der Waals surface area contributed by atoms with E-state index in [0.29, 0.717) is 23.0 Å². The van der Waals surface area contributed by atoms with Gasteiger partial charge in [0.2, 0.25) is 0 Å². The molecule has 2 aromatic carbocycles. The number of aromatic nitrogens is 3. The molecule has 0 spiro atoms. The lowest BCUT2D eigenvalue weighted by Gasteiger charge is -2.18. The molecule has 4 aromatic rings. The van der Waals surface area contributed by atoms with Crippen LogP contribution in [0.25, 0.3) is 29.0 Å². The number of ether oxygens (including phenoxy) is 3. The van der Waals surface area contributed by atoms with Crippen molar-refractivity contribution in [3.05, 3.63) is 71.7 Å². The third-order valence-electron chi connectivity index (χ3n) is 6.22. The number of methoxy groups -OCH3 is 2. The Balaban J connectivity index is 1.60. The summed E-state index contributed by atoms with van der Waals surface area (Å²) in [5.74, 6) is 3.54. The van der Waals surface area contributed by atoms with E-state index in [4.69, 9.17) is 19.2 Å². The molecule has 0 bridgehead atoms. The van der Waals surface area contributed by atoms with Gasteiger partial charge in [-0.2, -0.15) is 5.26 Å². The smallest absolute Gasteiger partial charge is 0.168 e. The summed E-state index contributed by atoms with van der Waals surface area (Å²) in [5.41, 5.74) is 3.08. The van der Waals surface area contributed by atoms with Gasteiger partial charge >= 0.3 is 0 Å². The van der Waals surface area contributed by atoms with Crippen molar-refractivity contribution in [2.24, 2.45) is 0 Å². The van der Waals surface area contributed by atoms with E-state index in [1.807, 2.05) is 59.2 Å². The molecule has 0 atom stereocenters. The summed E-state index contributed by atoms with van der Waals surface area (Å²) in [5, 5.41) is 9.18. The highest BCUT2D eigenvalue weighted by Gasteiger charge is 2.20. The fourth-order valence-electron chi connectivity index (χ4n) is 4.43. The van der Waals surface area contributed by atoms with Gasteiger partial charge in [0.15, 0.2) is 11.5 Å². The molecule has 0 aliphatic heterocycles. The van der Waals surface area contributed by atoms with Crippen molar-refractivity contribution in [3.63, 3.8) is 0 Å². The zero-order valence-electron chi connectivity index (χ0n) is 19.8. The minimum absolute atomic E-state index is 0.207. The van der Waals surface area contributed by atoms with Crippen LogP contribution in [0, 0.1) is 11.3 Å². The van der Waals surface area contributed by atoms with E-state index in [1.54, 1.807) is 26.5 Å². The Morgan fingerprint density at radius 1 is 1.03 bits per heavy atom. The predicted octanol–water partition coefficient (Wildman–Crippen LogP) is 5.80. The third-order valence-corrected chi connectivity index (χ3v) is 6.22. The van der Waals surface area contributed by atoms with Crippen LogP contribution in [0.1, 0.15) is 42.6 Å². The molecule has 7 nitrogen and oxygen atoms in total. The van der Waals surface area contributed by atoms with Gasteiger partial charge in [-0.25, -0.2) is 9.97 Å². The van der Waals surface area contributed by atoms with Gasteiger partial charge in [0.25, 0.3) is 0 Å². The van der Waals surface area contributed by atoms with E-state index in [1.165, 1.54) is 12.8 Å². The minimum Gasteiger partial charge on any atom is -0.497 e. The normalized spacial score (nSPS) is 13.9. The van der Waals surface area contributed by atoms with E-state index < -0.39 is 0 Å². The lowest BCUT2D eigenvalue weighted by molar-refractivity contribution is 0.200. The molecule has 0 radical (unpaired) electrons. The van der Waals surface area contributed by atoms with Crippen molar-refractivity contribution in [2.75, 3.05) is 14.2 Å². The number of hydrogen-bond donors (Lipinski definition) is 0. The average molecular weight is 467 g/mol. The van der Waals surface area contributed by atoms with Crippen LogP contribution in [0.2, 0.25) is 0 Å². The van der Waals surface area contributed by atoms with E-state index in [0.717, 1.165) is 40.9 Å². The van der Waals surface area contributed by atoms with Crippen LogP contribution in [0.15, 0.2) is 54.7 Å². The third kappa shape index (κ3) is 4.56. The topological polar surface area (TPSA) is 82.2 Å². The maximum Gasteiger partial charge on any atom is 0.168 e. The van der Waals surface area contributed by atoms with Crippen LogP contribution in [-0.4, -0.2) is 34.9 Å². The zero-order chi connectivity index (χ0) is 24.2. The number of fused-ring (bicyclic) bond motifs is 1. The Hall–Kier alpha value is -4.31. The molecule has 1 saturated carbocycles. The quantitative estimate of drug-likeness (QED) is 0.342. The number of imidazole rings is 1. The van der Waals surface area contributed by atoms with E-state index in [9.17, 15) is 5.26 Å². The maximum atomic E-state index is 9.18. The molecule has 5 rings (SSSR count). The highest BCUT2D eigenvalue weighted by Crippen LogP contribution is 2.36. The van der Waals surface area contributed by atoms with Crippen molar-refractivity contribution in [2.45, 2.75) is 31.8 Å². The summed E-state index contributed by atoms with van der Waals surface area (Å²) in [6.07, 6.45) is 10.2. The lowest BCUT2D eigenvalue weighted by atomic mass is 10.1. The summed E-state index contributed by atoms with van der Waals surface area (Å²) >= 11 is 0. The molecule has 176 valence electrons. The van der Waals surface area contributed by atoms with E-state index in [-0.39, 0.29) is 6.10 Å². The van der Waals surface area contributed by atoms with Crippen LogP contribution in [-0.2, 0) is 0 Å². The van der Waals surface area contributed by atoms with Crippen molar-refractivity contribution in [1.82, 2.24) is 14.5 Å². The number of pyridine rings is 1. The molecule has 1 fully saturated rings. The first kappa shape index (κ1) is 22.5. The van der Waals surface area contributed by atoms with Gasteiger partial charge in [0, 0.05) is 17.8 Å². The molecule has 1 aliphatic carbocycles. The Labute approximate surface area is 204 Å². The zero-order valence-corrected chi connectivity index (χ0v) is 19.8. The molecule has 0 saturated heterocycles. The Kier molecular flexibility index (Phi) is 6.36. The van der Waals surface area contributed by atoms with Crippen molar-refractivity contribution < 1.29 is 14.2 Å². The first-order valence-electron chi connectivity index (χ1n) is 11.6. The van der Waals surface area contributed by atoms with Crippen molar-refractivity contribution >= 4 is 23.2 Å². The number of hydrogen-bond acceptors (Lipinski definition) is 6. The monoisotopic (exact) mass is 466 g/mol. The van der Waals surface area contributed by atoms with Crippen LogP contribution in [0.3, 0.4) is 0 Å². The summed E-state index contributed by atoms with van der Waals surface area (Å²) in [6, 6.07) is 17.3. The number of para-hydroxylation sites is 1. The van der Waals surface area contributed by atoms with Crippen molar-refractivity contribution in [1.29, 1.82) is 5.26 Å². The van der Waals surface area contributed by atoms with Crippen molar-refractivity contribution in [3.8, 4) is 29.1 Å². The van der Waals surface area contributed by atoms with Gasteiger partial charge in [0.1, 0.15) is 23.5 Å². The molecular weight excluding hydrogens is 440 g/mol. The van der Waals surface area contributed by atoms with Gasteiger partial charge in [-0.05, 0) is 68.2 Å². The number of rotatable bonds is 7. The molecule has 0 unspecified atom stereocenters. The fraction of sp³-hybridized carbons (Fsp3) is 0.250. The summed E-state index contributed by atoms with van der Waals surface area (Å²) in [4.78, 5) is 9.35. The van der Waals surface area contributed by atoms with Gasteiger partial charge in [-0.1, -0.05) is 12.1 Å². The highest BCUT2D eigenvalue weighted by molar-refractivity contribution is 5.83. The van der Waals surface area contributed by atoms with Gasteiger partial charge in [-0.3, -0.25) is 4.57 Å². The Morgan fingerprint density at radius 2 is 1.89 bits per heavy atom. The second-order valence-electron chi connectivity index (χ2n) is 8.41. The average Bonchev–Trinajstić information content (AvgIpc) is 3.55. The molecule has 0 amide bonds. The largest absolute Gasteiger partial charge is 0.497 e. The summed E-state index contributed by atoms with van der Waals surface area (Å²) in [7, 11) is 3.30. The van der Waals surface area contributed by atoms with Crippen LogP contribution in [0.5, 0.6) is 17.2 Å². The molecule has 2 heterocycles. The first-order chi connectivity index (χ1) is 17.2. The summed E-state index contributed by atoms with van der Waals surface area (Å²) in [6.45, 7) is 0. The second kappa shape index (κ2) is 9.90. The Morgan fingerprint density at radius 3 is 2.60 bits per heavy atom. The molecule has 0 N–H and O–H groups in total. The SMILES string of the molecule is COc1ccc2nc(C=Cc3cccc(OC)c3OC3CCCC3)n(-c3ccc(C#N)cn3)c2c1. The van der Waals surface area contributed by atoms with Crippen LogP contribution < -0.4 is 14.2 Å². The van der Waals surface area contributed by atoms with E-state index in [2.05, 4.69) is 11.1 Å². The van der Waals surface area contributed by atoms with Crippen LogP contribution >= 0.6 is 0 Å². The van der Waals surface area contributed by atoms with Gasteiger partial charge < -0.3 is 14.2 Å². The molecule has 1 aliphatic rings.